The number of hydrogen-bond donors (Lipinski definition) is 0. The number of anilines is 1. The lowest BCUT2D eigenvalue weighted by Gasteiger charge is -2.32. The van der Waals surface area contributed by atoms with Crippen molar-refractivity contribution in [2.75, 3.05) is 4.90 Å². The molecule has 2 saturated heterocycles. The molecule has 3 aromatic carbocycles. The normalized spacial score (nSPS) is 23.5. The number of carbonyl (C=O) groups is 4. The molecule has 194 valence electrons. The summed E-state index contributed by atoms with van der Waals surface area (Å²) >= 11 is 18.4. The first-order chi connectivity index (χ1) is 18.7. The van der Waals surface area contributed by atoms with Crippen molar-refractivity contribution < 1.29 is 19.2 Å². The molecule has 6 nitrogen and oxygen atoms in total. The fourth-order valence-electron chi connectivity index (χ4n) is 5.66. The lowest BCUT2D eigenvalue weighted by molar-refractivity contribution is -0.123. The molecule has 3 heterocycles. The maximum absolute atomic E-state index is 13.9. The number of imide groups is 1. The molecule has 3 aliphatic rings. The molecule has 0 saturated carbocycles. The lowest BCUT2D eigenvalue weighted by atomic mass is 9.85. The number of carbonyl (C=O) groups excluding carboxylic acids is 4. The van der Waals surface area contributed by atoms with Gasteiger partial charge in [-0.05, 0) is 48.5 Å². The highest BCUT2D eigenvalue weighted by Crippen LogP contribution is 2.47. The Labute approximate surface area is 239 Å². The van der Waals surface area contributed by atoms with Crippen LogP contribution in [0, 0.1) is 11.8 Å². The van der Waals surface area contributed by atoms with Gasteiger partial charge in [-0.2, -0.15) is 0 Å². The largest absolute Gasteiger partial charge is 0.359 e. The summed E-state index contributed by atoms with van der Waals surface area (Å²) in [6.45, 7) is 0. The van der Waals surface area contributed by atoms with Crippen LogP contribution >= 0.6 is 34.8 Å². The van der Waals surface area contributed by atoms with E-state index in [0.29, 0.717) is 21.7 Å². The van der Waals surface area contributed by atoms with E-state index in [0.717, 1.165) is 4.90 Å². The summed E-state index contributed by atoms with van der Waals surface area (Å²) in [5.41, 5.74) is 1.47. The van der Waals surface area contributed by atoms with E-state index in [-0.39, 0.29) is 27.3 Å². The molecule has 0 bridgehead atoms. The summed E-state index contributed by atoms with van der Waals surface area (Å²) in [7, 11) is 0. The molecule has 2 fully saturated rings. The fourth-order valence-corrected chi connectivity index (χ4v) is 6.30. The summed E-state index contributed by atoms with van der Waals surface area (Å²) in [5.74, 6) is -3.45. The first kappa shape index (κ1) is 25.6. The SMILES string of the molecule is O=C(C1=C[C@H]2[C@@H]3C(=O)N(c4cc(Cl)cc(Cl)c4)C(=O)[C@@H]3[C@H](C(=O)c3ccc(Cl)cc3)N2C=C1)c1ccccc1. The third-order valence-electron chi connectivity index (χ3n) is 7.35. The van der Waals surface area contributed by atoms with Crippen LogP contribution < -0.4 is 4.90 Å². The molecule has 3 aliphatic heterocycles. The van der Waals surface area contributed by atoms with Crippen molar-refractivity contribution in [3.8, 4) is 0 Å². The van der Waals surface area contributed by atoms with Gasteiger partial charge in [0, 0.05) is 38.0 Å². The van der Waals surface area contributed by atoms with Crippen LogP contribution in [0.25, 0.3) is 0 Å². The molecular formula is C30H19Cl3N2O4. The molecular weight excluding hydrogens is 559 g/mol. The van der Waals surface area contributed by atoms with Crippen LogP contribution in [-0.2, 0) is 9.59 Å². The third-order valence-corrected chi connectivity index (χ3v) is 8.04. The first-order valence-electron chi connectivity index (χ1n) is 12.2. The van der Waals surface area contributed by atoms with Gasteiger partial charge in [-0.25, -0.2) is 4.90 Å². The first-order valence-corrected chi connectivity index (χ1v) is 13.3. The van der Waals surface area contributed by atoms with Gasteiger partial charge in [0.25, 0.3) is 0 Å². The zero-order valence-electron chi connectivity index (χ0n) is 20.1. The van der Waals surface area contributed by atoms with Crippen molar-refractivity contribution >= 4 is 63.9 Å². The Morgan fingerprint density at radius 1 is 0.718 bits per heavy atom. The zero-order valence-corrected chi connectivity index (χ0v) is 22.4. The van der Waals surface area contributed by atoms with Crippen LogP contribution in [0.3, 0.4) is 0 Å². The minimum absolute atomic E-state index is 0.217. The van der Waals surface area contributed by atoms with Crippen LogP contribution in [0.15, 0.2) is 96.7 Å². The van der Waals surface area contributed by atoms with Gasteiger partial charge < -0.3 is 4.90 Å². The topological polar surface area (TPSA) is 74.8 Å². The van der Waals surface area contributed by atoms with E-state index in [1.807, 2.05) is 6.07 Å². The van der Waals surface area contributed by atoms with E-state index in [9.17, 15) is 19.2 Å². The van der Waals surface area contributed by atoms with Crippen LogP contribution in [0.4, 0.5) is 5.69 Å². The van der Waals surface area contributed by atoms with Crippen molar-refractivity contribution in [1.29, 1.82) is 0 Å². The number of rotatable bonds is 5. The predicted molar refractivity (Wildman–Crippen MR) is 149 cm³/mol. The van der Waals surface area contributed by atoms with Crippen molar-refractivity contribution in [3.63, 3.8) is 0 Å². The highest BCUT2D eigenvalue weighted by Gasteiger charge is 2.63. The van der Waals surface area contributed by atoms with Crippen LogP contribution in [-0.4, -0.2) is 40.4 Å². The van der Waals surface area contributed by atoms with Crippen molar-refractivity contribution in [3.05, 3.63) is 123 Å². The maximum Gasteiger partial charge on any atom is 0.240 e. The molecule has 0 radical (unpaired) electrons. The van der Waals surface area contributed by atoms with Gasteiger partial charge in [-0.1, -0.05) is 71.2 Å². The number of benzene rings is 3. The number of halogens is 3. The van der Waals surface area contributed by atoms with E-state index in [4.69, 9.17) is 34.8 Å². The summed E-state index contributed by atoms with van der Waals surface area (Å²) in [5, 5.41) is 0.998. The molecule has 0 N–H and O–H groups in total. The monoisotopic (exact) mass is 576 g/mol. The average molecular weight is 578 g/mol. The van der Waals surface area contributed by atoms with Gasteiger partial charge in [0.2, 0.25) is 11.8 Å². The van der Waals surface area contributed by atoms with Gasteiger partial charge in [-0.3, -0.25) is 19.2 Å². The van der Waals surface area contributed by atoms with Crippen molar-refractivity contribution in [1.82, 2.24) is 4.90 Å². The molecule has 4 atom stereocenters. The molecule has 2 amide bonds. The van der Waals surface area contributed by atoms with Gasteiger partial charge in [0.05, 0.1) is 23.6 Å². The molecule has 0 aliphatic carbocycles. The highest BCUT2D eigenvalue weighted by molar-refractivity contribution is 6.36. The van der Waals surface area contributed by atoms with E-state index in [1.165, 1.54) is 18.2 Å². The third kappa shape index (κ3) is 4.29. The van der Waals surface area contributed by atoms with Crippen molar-refractivity contribution in [2.24, 2.45) is 11.8 Å². The van der Waals surface area contributed by atoms with Gasteiger partial charge in [0.1, 0.15) is 6.04 Å². The molecule has 6 rings (SSSR count). The molecule has 0 spiro atoms. The number of fused-ring (bicyclic) bond motifs is 3. The molecule has 3 aromatic rings. The van der Waals surface area contributed by atoms with Crippen LogP contribution in [0.2, 0.25) is 15.1 Å². The molecule has 39 heavy (non-hydrogen) atoms. The van der Waals surface area contributed by atoms with Crippen LogP contribution in [0.1, 0.15) is 20.7 Å². The minimum Gasteiger partial charge on any atom is -0.359 e. The minimum atomic E-state index is -0.990. The number of nitrogens with zero attached hydrogens (tertiary/aromatic N) is 2. The fraction of sp³-hybridized carbons (Fsp3) is 0.133. The molecule has 9 heteroatoms. The number of ketones is 2. The Morgan fingerprint density at radius 2 is 1.36 bits per heavy atom. The van der Waals surface area contributed by atoms with E-state index < -0.39 is 35.7 Å². The van der Waals surface area contributed by atoms with Crippen molar-refractivity contribution in [2.45, 2.75) is 12.1 Å². The molecule has 0 aromatic heterocycles. The van der Waals surface area contributed by atoms with E-state index in [2.05, 4.69) is 0 Å². The number of Topliss-reactive ketones (excluding diaryl/α,β-unsaturated/α-hetero) is 2. The average Bonchev–Trinajstić information content (AvgIpc) is 3.39. The predicted octanol–water partition coefficient (Wildman–Crippen LogP) is 6.02. The standard InChI is InChI=1S/C30H19Cl3N2O4/c31-19-8-6-17(7-9-19)28(37)26-25-24(29(38)35(30(25)39)22-14-20(32)13-21(33)15-22)23-12-18(10-11-34(23)26)27(36)16-4-2-1-3-5-16/h1-15,23-26H/t23-,24-,25-,26+/m0/s1. The van der Waals surface area contributed by atoms with Gasteiger partial charge in [0.15, 0.2) is 11.6 Å². The summed E-state index contributed by atoms with van der Waals surface area (Å²) in [6.07, 6.45) is 4.94. The second-order valence-corrected chi connectivity index (χ2v) is 10.9. The zero-order chi connectivity index (χ0) is 27.4. The second kappa shape index (κ2) is 9.79. The Balaban J connectivity index is 1.44. The second-order valence-electron chi connectivity index (χ2n) is 9.58. The van der Waals surface area contributed by atoms with E-state index in [1.54, 1.807) is 71.8 Å². The smallest absolute Gasteiger partial charge is 0.240 e. The maximum atomic E-state index is 13.9. The Kier molecular flexibility index (Phi) is 6.42. The summed E-state index contributed by atoms with van der Waals surface area (Å²) in [6, 6.07) is 18.0. The summed E-state index contributed by atoms with van der Waals surface area (Å²) < 4.78 is 0. The summed E-state index contributed by atoms with van der Waals surface area (Å²) in [4.78, 5) is 57.7. The Morgan fingerprint density at radius 3 is 2.03 bits per heavy atom. The Hall–Kier alpha value is -3.71. The quantitative estimate of drug-likeness (QED) is 0.274. The molecule has 0 unspecified atom stereocenters. The number of amides is 2. The Bertz CT molecular complexity index is 1580. The lowest BCUT2D eigenvalue weighted by Crippen LogP contribution is -2.46. The van der Waals surface area contributed by atoms with Gasteiger partial charge >= 0.3 is 0 Å². The number of hydrogen-bond acceptors (Lipinski definition) is 5. The van der Waals surface area contributed by atoms with Gasteiger partial charge in [-0.15, -0.1) is 0 Å². The highest BCUT2D eigenvalue weighted by atomic mass is 35.5. The van der Waals surface area contributed by atoms with E-state index >= 15 is 0 Å². The van der Waals surface area contributed by atoms with Crippen LogP contribution in [0.5, 0.6) is 0 Å². The number of allylic oxidation sites excluding steroid dienone is 2.